The van der Waals surface area contributed by atoms with E-state index in [1.165, 1.54) is 58.0 Å². The predicted octanol–water partition coefficient (Wildman–Crippen LogP) is 3.26. The first-order chi connectivity index (χ1) is 12.1. The molecule has 3 fully saturated rings. The summed E-state index contributed by atoms with van der Waals surface area (Å²) in [5.41, 5.74) is 0.340. The molecule has 1 spiro atoms. The highest BCUT2D eigenvalue weighted by Gasteiger charge is 2.47. The zero-order valence-corrected chi connectivity index (χ0v) is 15.8. The fraction of sp³-hybridized carbons (Fsp3) is 0.700. The number of nitrogens with one attached hydrogen (secondary N) is 1. The summed E-state index contributed by atoms with van der Waals surface area (Å²) in [6.45, 7) is 4.05. The van der Waals surface area contributed by atoms with E-state index in [2.05, 4.69) is 9.62 Å². The van der Waals surface area contributed by atoms with Crippen LogP contribution in [0.15, 0.2) is 35.2 Å². The van der Waals surface area contributed by atoms with E-state index in [4.69, 9.17) is 0 Å². The molecule has 2 saturated carbocycles. The van der Waals surface area contributed by atoms with Crippen LogP contribution in [0, 0.1) is 17.3 Å². The average Bonchev–Trinajstić information content (AvgIpc) is 3.38. The molecule has 1 heterocycles. The Kier molecular flexibility index (Phi) is 4.91. The Balaban J connectivity index is 1.45. The molecule has 5 heteroatoms. The summed E-state index contributed by atoms with van der Waals surface area (Å²) in [5.74, 6) is 1.35. The van der Waals surface area contributed by atoms with Crippen LogP contribution in [0.25, 0.3) is 0 Å². The molecule has 0 bridgehead atoms. The van der Waals surface area contributed by atoms with E-state index < -0.39 is 10.0 Å². The molecule has 1 atom stereocenters. The lowest BCUT2D eigenvalue weighted by Gasteiger charge is -2.38. The van der Waals surface area contributed by atoms with Crippen LogP contribution in [-0.4, -0.2) is 39.5 Å². The van der Waals surface area contributed by atoms with Gasteiger partial charge in [-0.15, -0.1) is 0 Å². The topological polar surface area (TPSA) is 49.4 Å². The summed E-state index contributed by atoms with van der Waals surface area (Å²) in [7, 11) is -3.40. The fourth-order valence-corrected chi connectivity index (χ4v) is 6.05. The van der Waals surface area contributed by atoms with Crippen molar-refractivity contribution in [3.8, 4) is 0 Å². The zero-order chi connectivity index (χ0) is 17.3. The molecule has 3 aliphatic rings. The Morgan fingerprint density at radius 1 is 1.08 bits per heavy atom. The standard InChI is InChI=1S/C20H30N2O2S/c23-25(24,19-7-3-1-4-8-19)21-13-18-15-22(14-17-9-10-17)16-20(18)11-5-2-6-12-20/h1,3-4,7-8,17-18,21H,2,5-6,9-16H2. The molecule has 1 N–H and O–H groups in total. The number of hydrogen-bond acceptors (Lipinski definition) is 3. The van der Waals surface area contributed by atoms with Crippen molar-refractivity contribution in [2.75, 3.05) is 26.2 Å². The molecule has 1 aromatic rings. The van der Waals surface area contributed by atoms with Gasteiger partial charge in [-0.2, -0.15) is 0 Å². The number of nitrogens with zero attached hydrogens (tertiary/aromatic N) is 1. The van der Waals surface area contributed by atoms with Gasteiger partial charge in [0, 0.05) is 26.2 Å². The minimum absolute atomic E-state index is 0.340. The second-order valence-electron chi connectivity index (χ2n) is 8.42. The van der Waals surface area contributed by atoms with Gasteiger partial charge in [-0.3, -0.25) is 0 Å². The molecule has 1 aromatic carbocycles. The predicted molar refractivity (Wildman–Crippen MR) is 99.8 cm³/mol. The van der Waals surface area contributed by atoms with Crippen molar-refractivity contribution in [2.45, 2.75) is 49.8 Å². The summed E-state index contributed by atoms with van der Waals surface area (Å²) in [6.07, 6.45) is 9.26. The largest absolute Gasteiger partial charge is 0.302 e. The Morgan fingerprint density at radius 3 is 2.48 bits per heavy atom. The maximum atomic E-state index is 12.6. The van der Waals surface area contributed by atoms with Crippen molar-refractivity contribution in [3.05, 3.63) is 30.3 Å². The quantitative estimate of drug-likeness (QED) is 0.845. The number of rotatable bonds is 6. The van der Waals surface area contributed by atoms with Gasteiger partial charge in [-0.05, 0) is 55.1 Å². The minimum Gasteiger partial charge on any atom is -0.302 e. The fourth-order valence-electron chi connectivity index (χ4n) is 4.95. The summed E-state index contributed by atoms with van der Waals surface area (Å²) in [5, 5.41) is 0. The van der Waals surface area contributed by atoms with Crippen molar-refractivity contribution < 1.29 is 8.42 Å². The van der Waals surface area contributed by atoms with E-state index in [0.717, 1.165) is 12.5 Å². The highest BCUT2D eigenvalue weighted by molar-refractivity contribution is 7.89. The third-order valence-corrected chi connectivity index (χ3v) is 7.96. The second-order valence-corrected chi connectivity index (χ2v) is 10.2. The molecule has 4 rings (SSSR count). The highest BCUT2D eigenvalue weighted by atomic mass is 32.2. The van der Waals surface area contributed by atoms with Crippen molar-refractivity contribution in [2.24, 2.45) is 17.3 Å². The van der Waals surface area contributed by atoms with Gasteiger partial charge in [0.1, 0.15) is 0 Å². The smallest absolute Gasteiger partial charge is 0.240 e. The van der Waals surface area contributed by atoms with E-state index in [9.17, 15) is 8.42 Å². The van der Waals surface area contributed by atoms with Crippen molar-refractivity contribution in [3.63, 3.8) is 0 Å². The molecule has 25 heavy (non-hydrogen) atoms. The van der Waals surface area contributed by atoms with Crippen molar-refractivity contribution in [1.82, 2.24) is 9.62 Å². The Morgan fingerprint density at radius 2 is 1.80 bits per heavy atom. The Bertz CT molecular complexity index is 679. The van der Waals surface area contributed by atoms with Crippen molar-refractivity contribution in [1.29, 1.82) is 0 Å². The summed E-state index contributed by atoms with van der Waals surface area (Å²) in [4.78, 5) is 3.00. The molecule has 0 radical (unpaired) electrons. The van der Waals surface area contributed by atoms with Crippen LogP contribution in [0.1, 0.15) is 44.9 Å². The molecule has 4 nitrogen and oxygen atoms in total. The SMILES string of the molecule is O=S(=O)(NCC1CN(CC2CC2)CC12CCCCC2)c1ccccc1. The van der Waals surface area contributed by atoms with Crippen LogP contribution in [0.2, 0.25) is 0 Å². The van der Waals surface area contributed by atoms with Crippen LogP contribution in [0.3, 0.4) is 0 Å². The monoisotopic (exact) mass is 362 g/mol. The van der Waals surface area contributed by atoms with E-state index in [0.29, 0.717) is 22.8 Å². The van der Waals surface area contributed by atoms with Gasteiger partial charge in [-0.25, -0.2) is 13.1 Å². The maximum Gasteiger partial charge on any atom is 0.240 e. The van der Waals surface area contributed by atoms with Gasteiger partial charge in [0.2, 0.25) is 10.0 Å². The molecular formula is C20H30N2O2S. The third-order valence-electron chi connectivity index (χ3n) is 6.52. The Hall–Kier alpha value is -0.910. The van der Waals surface area contributed by atoms with Gasteiger partial charge in [-0.1, -0.05) is 37.5 Å². The normalized spacial score (nSPS) is 27.0. The van der Waals surface area contributed by atoms with E-state index in [-0.39, 0.29) is 0 Å². The average molecular weight is 363 g/mol. The van der Waals surface area contributed by atoms with Gasteiger partial charge in [0.25, 0.3) is 0 Å². The highest BCUT2D eigenvalue weighted by Crippen LogP contribution is 2.48. The molecule has 0 aromatic heterocycles. The number of benzene rings is 1. The molecular weight excluding hydrogens is 332 g/mol. The lowest BCUT2D eigenvalue weighted by atomic mass is 9.68. The first-order valence-electron chi connectivity index (χ1n) is 9.85. The van der Waals surface area contributed by atoms with Gasteiger partial charge < -0.3 is 4.90 Å². The summed E-state index contributed by atoms with van der Waals surface area (Å²) < 4.78 is 28.1. The van der Waals surface area contributed by atoms with Gasteiger partial charge in [0.15, 0.2) is 0 Å². The second kappa shape index (κ2) is 7.01. The number of sulfonamides is 1. The van der Waals surface area contributed by atoms with Crippen LogP contribution in [0.4, 0.5) is 0 Å². The third kappa shape index (κ3) is 3.93. The lowest BCUT2D eigenvalue weighted by molar-refractivity contribution is 0.140. The lowest BCUT2D eigenvalue weighted by Crippen LogP contribution is -2.40. The van der Waals surface area contributed by atoms with E-state index in [1.807, 2.05) is 6.07 Å². The molecule has 1 unspecified atom stereocenters. The summed E-state index contributed by atoms with van der Waals surface area (Å²) >= 11 is 0. The molecule has 1 aliphatic heterocycles. The number of likely N-dealkylation sites (tertiary alicyclic amines) is 1. The molecule has 2 aliphatic carbocycles. The molecule has 138 valence electrons. The first kappa shape index (κ1) is 17.5. The molecule has 1 saturated heterocycles. The maximum absolute atomic E-state index is 12.6. The first-order valence-corrected chi connectivity index (χ1v) is 11.3. The van der Waals surface area contributed by atoms with Crippen LogP contribution >= 0.6 is 0 Å². The van der Waals surface area contributed by atoms with Crippen LogP contribution in [0.5, 0.6) is 0 Å². The summed E-state index contributed by atoms with van der Waals surface area (Å²) in [6, 6.07) is 8.76. The van der Waals surface area contributed by atoms with Crippen LogP contribution < -0.4 is 4.72 Å². The van der Waals surface area contributed by atoms with Crippen LogP contribution in [-0.2, 0) is 10.0 Å². The zero-order valence-electron chi connectivity index (χ0n) is 15.0. The Labute approximate surface area is 152 Å². The minimum atomic E-state index is -3.40. The van der Waals surface area contributed by atoms with Crippen molar-refractivity contribution >= 4 is 10.0 Å². The number of hydrogen-bond donors (Lipinski definition) is 1. The van der Waals surface area contributed by atoms with Gasteiger partial charge >= 0.3 is 0 Å². The van der Waals surface area contributed by atoms with E-state index >= 15 is 0 Å². The van der Waals surface area contributed by atoms with Gasteiger partial charge in [0.05, 0.1) is 4.90 Å². The molecule has 0 amide bonds. The van der Waals surface area contributed by atoms with E-state index in [1.54, 1.807) is 24.3 Å².